The molecule has 1 aromatic rings. The van der Waals surface area contributed by atoms with Crippen LogP contribution in [0, 0.1) is 12.3 Å². The Morgan fingerprint density at radius 1 is 1.25 bits per heavy atom. The van der Waals surface area contributed by atoms with Gasteiger partial charge >= 0.3 is 0 Å². The maximum atomic E-state index is 8.75. The quantitative estimate of drug-likeness (QED) is 0.426. The Morgan fingerprint density at radius 3 is 2.44 bits per heavy atom. The molecule has 0 unspecified atom stereocenters. The molecule has 0 saturated carbocycles. The average Bonchev–Trinajstić information content (AvgIpc) is 2.25. The molecule has 0 aliphatic rings. The van der Waals surface area contributed by atoms with Gasteiger partial charge in [0.05, 0.1) is 6.54 Å². The van der Waals surface area contributed by atoms with Gasteiger partial charge in [0.1, 0.15) is 0 Å². The minimum Gasteiger partial charge on any atom is -0.352 e. The van der Waals surface area contributed by atoms with Crippen LogP contribution in [-0.4, -0.2) is 32.7 Å². The molecule has 0 bridgehead atoms. The minimum absolute atomic E-state index is 0.0534. The first-order valence-corrected chi connectivity index (χ1v) is 4.75. The van der Waals surface area contributed by atoms with Crippen LogP contribution in [0.15, 0.2) is 0 Å². The van der Waals surface area contributed by atoms with Gasteiger partial charge in [-0.05, 0) is 13.8 Å². The zero-order chi connectivity index (χ0) is 12.0. The Morgan fingerprint density at radius 2 is 1.88 bits per heavy atom. The summed E-state index contributed by atoms with van der Waals surface area (Å²) in [5.74, 6) is 3.11. The van der Waals surface area contributed by atoms with Gasteiger partial charge in [0.2, 0.25) is 11.9 Å². The fourth-order valence-electron chi connectivity index (χ4n) is 0.958. The van der Waals surface area contributed by atoms with E-state index in [2.05, 4.69) is 31.5 Å². The molecule has 4 N–H and O–H groups in total. The van der Waals surface area contributed by atoms with Crippen molar-refractivity contribution in [1.29, 1.82) is 0 Å². The highest BCUT2D eigenvalue weighted by Crippen LogP contribution is 2.09. The molecule has 0 saturated heterocycles. The largest absolute Gasteiger partial charge is 0.352 e. The Balaban J connectivity index is 2.88. The number of terminal acetylenes is 1. The smallest absolute Gasteiger partial charge is 0.253 e. The molecule has 0 aliphatic heterocycles. The van der Waals surface area contributed by atoms with Crippen molar-refractivity contribution < 1.29 is 5.21 Å². The highest BCUT2D eigenvalue weighted by atomic mass is 16.5. The molecule has 0 amide bonds. The van der Waals surface area contributed by atoms with Crippen LogP contribution in [0.4, 0.5) is 17.8 Å². The number of aromatic nitrogens is 3. The number of nitrogens with one attached hydrogen (secondary N) is 3. The van der Waals surface area contributed by atoms with Gasteiger partial charge in [0, 0.05) is 6.04 Å². The van der Waals surface area contributed by atoms with E-state index in [1.165, 1.54) is 0 Å². The van der Waals surface area contributed by atoms with Crippen molar-refractivity contribution in [3.63, 3.8) is 0 Å². The molecular weight excluding hydrogens is 208 g/mol. The van der Waals surface area contributed by atoms with E-state index in [9.17, 15) is 0 Å². The maximum absolute atomic E-state index is 8.75. The van der Waals surface area contributed by atoms with E-state index < -0.39 is 0 Å². The Labute approximate surface area is 93.7 Å². The van der Waals surface area contributed by atoms with Crippen LogP contribution in [0.2, 0.25) is 0 Å². The second kappa shape index (κ2) is 5.72. The zero-order valence-electron chi connectivity index (χ0n) is 9.15. The molecule has 0 aromatic carbocycles. The van der Waals surface area contributed by atoms with E-state index in [0.29, 0.717) is 18.4 Å². The van der Waals surface area contributed by atoms with E-state index in [4.69, 9.17) is 11.6 Å². The van der Waals surface area contributed by atoms with Crippen LogP contribution in [0.1, 0.15) is 13.8 Å². The Hall–Kier alpha value is -2.07. The summed E-state index contributed by atoms with van der Waals surface area (Å²) in [6.45, 7) is 4.20. The molecule has 1 rings (SSSR count). The maximum Gasteiger partial charge on any atom is 0.253 e. The molecule has 0 radical (unpaired) electrons. The van der Waals surface area contributed by atoms with Crippen LogP contribution in [0.5, 0.6) is 0 Å². The van der Waals surface area contributed by atoms with Crippen LogP contribution in [0.25, 0.3) is 0 Å². The second-order valence-electron chi connectivity index (χ2n) is 3.27. The molecule has 0 spiro atoms. The molecule has 86 valence electrons. The lowest BCUT2D eigenvalue weighted by Gasteiger charge is -2.10. The van der Waals surface area contributed by atoms with Crippen LogP contribution in [0.3, 0.4) is 0 Å². The molecule has 0 atom stereocenters. The topological polar surface area (TPSA) is 95.0 Å². The van der Waals surface area contributed by atoms with Gasteiger partial charge in [-0.15, -0.1) is 6.42 Å². The second-order valence-corrected chi connectivity index (χ2v) is 3.27. The Kier molecular flexibility index (Phi) is 4.29. The van der Waals surface area contributed by atoms with Crippen LogP contribution >= 0.6 is 0 Å². The number of nitrogens with zero attached hydrogens (tertiary/aromatic N) is 3. The normalized spacial score (nSPS) is 9.69. The molecule has 0 aliphatic carbocycles. The van der Waals surface area contributed by atoms with E-state index in [-0.39, 0.29) is 12.0 Å². The minimum atomic E-state index is 0.0534. The van der Waals surface area contributed by atoms with Crippen molar-refractivity contribution in [2.24, 2.45) is 0 Å². The van der Waals surface area contributed by atoms with E-state index in [1.54, 1.807) is 0 Å². The van der Waals surface area contributed by atoms with Gasteiger partial charge in [-0.2, -0.15) is 15.0 Å². The summed E-state index contributed by atoms with van der Waals surface area (Å²) in [6, 6.07) is 0.175. The first-order valence-electron chi connectivity index (χ1n) is 4.75. The fraction of sp³-hybridized carbons (Fsp3) is 0.444. The fourth-order valence-corrected chi connectivity index (χ4v) is 0.958. The van der Waals surface area contributed by atoms with E-state index >= 15 is 0 Å². The molecular formula is C9H14N6O. The van der Waals surface area contributed by atoms with E-state index in [0.717, 1.165) is 0 Å². The summed E-state index contributed by atoms with van der Waals surface area (Å²) in [5, 5.41) is 14.5. The number of anilines is 3. The van der Waals surface area contributed by atoms with Crippen molar-refractivity contribution in [1.82, 2.24) is 15.0 Å². The predicted molar refractivity (Wildman–Crippen MR) is 61.3 cm³/mol. The summed E-state index contributed by atoms with van der Waals surface area (Å²) < 4.78 is 0. The third-order valence-corrected chi connectivity index (χ3v) is 1.50. The molecule has 1 heterocycles. The summed E-state index contributed by atoms with van der Waals surface area (Å²) in [4.78, 5) is 11.8. The van der Waals surface area contributed by atoms with Crippen molar-refractivity contribution in [2.45, 2.75) is 19.9 Å². The summed E-state index contributed by atoms with van der Waals surface area (Å²) >= 11 is 0. The molecule has 0 fully saturated rings. The van der Waals surface area contributed by atoms with Gasteiger partial charge in [-0.3, -0.25) is 5.21 Å². The van der Waals surface area contributed by atoms with Gasteiger partial charge in [-0.25, -0.2) is 5.48 Å². The van der Waals surface area contributed by atoms with Crippen molar-refractivity contribution in [3.8, 4) is 12.3 Å². The van der Waals surface area contributed by atoms with Crippen LogP contribution < -0.4 is 16.1 Å². The number of hydrogen-bond donors (Lipinski definition) is 4. The van der Waals surface area contributed by atoms with Crippen molar-refractivity contribution in [2.75, 3.05) is 22.7 Å². The van der Waals surface area contributed by atoms with E-state index in [1.807, 2.05) is 19.3 Å². The summed E-state index contributed by atoms with van der Waals surface area (Å²) in [7, 11) is 0. The Bertz CT molecular complexity index is 386. The monoisotopic (exact) mass is 222 g/mol. The molecule has 7 nitrogen and oxygen atoms in total. The number of rotatable bonds is 5. The van der Waals surface area contributed by atoms with Gasteiger partial charge in [-0.1, -0.05) is 5.92 Å². The average molecular weight is 222 g/mol. The van der Waals surface area contributed by atoms with Gasteiger partial charge in [0.15, 0.2) is 0 Å². The SMILES string of the molecule is C#CCNc1nc(NO)nc(NC(C)C)n1. The third-order valence-electron chi connectivity index (χ3n) is 1.50. The highest BCUT2D eigenvalue weighted by Gasteiger charge is 2.05. The molecule has 7 heteroatoms. The first-order chi connectivity index (χ1) is 7.65. The standard InChI is InChI=1S/C9H14N6O/c1-4-5-10-7-12-8(11-6(2)3)14-9(13-7)15-16/h1,6,16H,5H2,2-3H3,(H3,10,11,12,13,14,15). The zero-order valence-corrected chi connectivity index (χ0v) is 9.15. The predicted octanol–water partition coefficient (Wildman–Crippen LogP) is 0.538. The summed E-state index contributed by atoms with van der Waals surface area (Å²) in [6.07, 6.45) is 5.10. The van der Waals surface area contributed by atoms with Crippen LogP contribution in [-0.2, 0) is 0 Å². The first kappa shape index (κ1) is 12.0. The third kappa shape index (κ3) is 3.59. The lowest BCUT2D eigenvalue weighted by atomic mass is 10.4. The highest BCUT2D eigenvalue weighted by molar-refractivity contribution is 5.41. The van der Waals surface area contributed by atoms with Crippen molar-refractivity contribution in [3.05, 3.63) is 0 Å². The summed E-state index contributed by atoms with van der Waals surface area (Å²) in [5.41, 5.74) is 1.86. The number of hydrogen-bond acceptors (Lipinski definition) is 7. The van der Waals surface area contributed by atoms with Crippen molar-refractivity contribution >= 4 is 17.8 Å². The van der Waals surface area contributed by atoms with Gasteiger partial charge in [0.25, 0.3) is 5.95 Å². The lowest BCUT2D eigenvalue weighted by molar-refractivity contribution is 0.382. The molecule has 16 heavy (non-hydrogen) atoms. The van der Waals surface area contributed by atoms with Gasteiger partial charge < -0.3 is 10.6 Å². The molecule has 1 aromatic heterocycles. The lowest BCUT2D eigenvalue weighted by Crippen LogP contribution is -2.15.